The Morgan fingerprint density at radius 3 is 2.32 bits per heavy atom. The number of para-hydroxylation sites is 1. The molecule has 1 amide bonds. The zero-order valence-corrected chi connectivity index (χ0v) is 15.9. The highest BCUT2D eigenvalue weighted by Gasteiger charge is 2.16. The summed E-state index contributed by atoms with van der Waals surface area (Å²) in [7, 11) is 1.68. The van der Waals surface area contributed by atoms with Gasteiger partial charge < -0.3 is 15.4 Å². The molecule has 0 radical (unpaired) electrons. The third kappa shape index (κ3) is 5.48. The fraction of sp³-hybridized carbons (Fsp3) is 0.350. The number of benzene rings is 2. The third-order valence-electron chi connectivity index (χ3n) is 4.03. The summed E-state index contributed by atoms with van der Waals surface area (Å²) in [6.07, 6.45) is 0.386. The fourth-order valence-corrected chi connectivity index (χ4v) is 2.70. The highest BCUT2D eigenvalue weighted by atomic mass is 35.5. The average molecular weight is 363 g/mol. The van der Waals surface area contributed by atoms with Crippen LogP contribution in [-0.2, 0) is 11.3 Å². The van der Waals surface area contributed by atoms with Crippen molar-refractivity contribution in [3.05, 3.63) is 54.1 Å². The Morgan fingerprint density at radius 2 is 1.76 bits per heavy atom. The zero-order chi connectivity index (χ0) is 17.5. The molecular formula is C20H27ClN2O2. The Morgan fingerprint density at radius 1 is 1.12 bits per heavy atom. The van der Waals surface area contributed by atoms with Gasteiger partial charge in [0.25, 0.3) is 0 Å². The van der Waals surface area contributed by atoms with Crippen LogP contribution < -0.4 is 10.5 Å². The summed E-state index contributed by atoms with van der Waals surface area (Å²) < 4.78 is 5.42. The first-order valence-electron chi connectivity index (χ1n) is 8.28. The molecule has 0 saturated heterocycles. The number of nitrogens with zero attached hydrogens (tertiary/aromatic N) is 1. The minimum atomic E-state index is 0. The van der Waals surface area contributed by atoms with Crippen LogP contribution in [0.5, 0.6) is 5.75 Å². The lowest BCUT2D eigenvalue weighted by atomic mass is 10.0. The van der Waals surface area contributed by atoms with Gasteiger partial charge in [0.1, 0.15) is 5.75 Å². The Bertz CT molecular complexity index is 672. The van der Waals surface area contributed by atoms with Crippen LogP contribution in [0.4, 0.5) is 0 Å². The molecule has 2 aromatic carbocycles. The van der Waals surface area contributed by atoms with E-state index in [0.717, 1.165) is 22.4 Å². The molecule has 136 valence electrons. The molecular weight excluding hydrogens is 336 g/mol. The van der Waals surface area contributed by atoms with Crippen molar-refractivity contribution in [2.24, 2.45) is 5.73 Å². The highest BCUT2D eigenvalue weighted by Crippen LogP contribution is 2.29. The Labute approximate surface area is 156 Å². The number of carbonyl (C=O) groups excluding carboxylic acids is 1. The molecule has 0 fully saturated rings. The van der Waals surface area contributed by atoms with Gasteiger partial charge in [0.05, 0.1) is 7.11 Å². The lowest BCUT2D eigenvalue weighted by Crippen LogP contribution is -2.37. The van der Waals surface area contributed by atoms with Gasteiger partial charge in [-0.05, 0) is 31.0 Å². The maximum Gasteiger partial charge on any atom is 0.224 e. The van der Waals surface area contributed by atoms with Crippen LogP contribution in [0.3, 0.4) is 0 Å². The molecule has 4 nitrogen and oxygen atoms in total. The predicted octanol–water partition coefficient (Wildman–Crippen LogP) is 3.87. The third-order valence-corrected chi connectivity index (χ3v) is 4.03. The molecule has 0 atom stereocenters. The van der Waals surface area contributed by atoms with Crippen molar-refractivity contribution in [2.45, 2.75) is 32.9 Å². The topological polar surface area (TPSA) is 55.6 Å². The van der Waals surface area contributed by atoms with Crippen molar-refractivity contribution in [2.75, 3.05) is 13.7 Å². The number of hydrogen-bond donors (Lipinski definition) is 1. The van der Waals surface area contributed by atoms with Crippen molar-refractivity contribution in [1.82, 2.24) is 4.90 Å². The Kier molecular flexibility index (Phi) is 8.46. The standard InChI is InChI=1S/C20H26N2O2.ClH/c1-15(2)22(20(23)12-13-21)14-16-8-10-17(11-9-16)18-6-4-5-7-19(18)24-3;/h4-11,15H,12-14,21H2,1-3H3;1H. The number of amides is 1. The smallest absolute Gasteiger partial charge is 0.224 e. The summed E-state index contributed by atoms with van der Waals surface area (Å²) in [5.41, 5.74) is 8.78. The highest BCUT2D eigenvalue weighted by molar-refractivity contribution is 5.85. The molecule has 0 saturated carbocycles. The van der Waals surface area contributed by atoms with Crippen molar-refractivity contribution in [3.8, 4) is 16.9 Å². The summed E-state index contributed by atoms with van der Waals surface area (Å²) in [6.45, 7) is 5.03. The summed E-state index contributed by atoms with van der Waals surface area (Å²) in [4.78, 5) is 14.1. The van der Waals surface area contributed by atoms with Gasteiger partial charge in [0.15, 0.2) is 0 Å². The van der Waals surface area contributed by atoms with Gasteiger partial charge in [-0.1, -0.05) is 42.5 Å². The van der Waals surface area contributed by atoms with Crippen molar-refractivity contribution >= 4 is 18.3 Å². The van der Waals surface area contributed by atoms with Gasteiger partial charge in [-0.2, -0.15) is 0 Å². The largest absolute Gasteiger partial charge is 0.496 e. The molecule has 0 unspecified atom stereocenters. The van der Waals surface area contributed by atoms with Crippen LogP contribution in [0, 0.1) is 0 Å². The zero-order valence-electron chi connectivity index (χ0n) is 15.1. The fourth-order valence-electron chi connectivity index (χ4n) is 2.70. The molecule has 0 aliphatic rings. The second-order valence-corrected chi connectivity index (χ2v) is 6.05. The lowest BCUT2D eigenvalue weighted by Gasteiger charge is -2.27. The normalized spacial score (nSPS) is 10.3. The summed E-state index contributed by atoms with van der Waals surface area (Å²) in [5.74, 6) is 0.952. The number of nitrogens with two attached hydrogens (primary N) is 1. The van der Waals surface area contributed by atoms with Crippen LogP contribution >= 0.6 is 12.4 Å². The molecule has 25 heavy (non-hydrogen) atoms. The lowest BCUT2D eigenvalue weighted by molar-refractivity contribution is -0.133. The molecule has 2 aromatic rings. The second kappa shape index (κ2) is 10.1. The van der Waals surface area contributed by atoms with Gasteiger partial charge in [-0.25, -0.2) is 0 Å². The van der Waals surface area contributed by atoms with Crippen LogP contribution in [0.2, 0.25) is 0 Å². The van der Waals surface area contributed by atoms with Crippen LogP contribution in [-0.4, -0.2) is 30.5 Å². The molecule has 0 heterocycles. The predicted molar refractivity (Wildman–Crippen MR) is 105 cm³/mol. The van der Waals surface area contributed by atoms with E-state index in [2.05, 4.69) is 24.3 Å². The first-order chi connectivity index (χ1) is 11.6. The van der Waals surface area contributed by atoms with Crippen LogP contribution in [0.15, 0.2) is 48.5 Å². The SMILES string of the molecule is COc1ccccc1-c1ccc(CN(C(=O)CCN)C(C)C)cc1.Cl. The first kappa shape index (κ1) is 21.0. The first-order valence-corrected chi connectivity index (χ1v) is 8.28. The quantitative estimate of drug-likeness (QED) is 0.813. The van der Waals surface area contributed by atoms with E-state index in [9.17, 15) is 4.79 Å². The van der Waals surface area contributed by atoms with E-state index in [0.29, 0.717) is 19.5 Å². The molecule has 0 aromatic heterocycles. The van der Waals surface area contributed by atoms with E-state index in [1.54, 1.807) is 7.11 Å². The molecule has 0 aliphatic carbocycles. The minimum absolute atomic E-state index is 0. The maximum absolute atomic E-state index is 12.2. The van der Waals surface area contributed by atoms with Gasteiger partial charge in [-0.3, -0.25) is 4.79 Å². The van der Waals surface area contributed by atoms with E-state index in [1.165, 1.54) is 0 Å². The Balaban J connectivity index is 0.00000312. The molecule has 5 heteroatoms. The number of rotatable bonds is 7. The van der Waals surface area contributed by atoms with Crippen molar-refractivity contribution in [3.63, 3.8) is 0 Å². The monoisotopic (exact) mass is 362 g/mol. The molecule has 0 spiro atoms. The van der Waals surface area contributed by atoms with Crippen LogP contribution in [0.1, 0.15) is 25.8 Å². The number of hydrogen-bond acceptors (Lipinski definition) is 3. The van der Waals surface area contributed by atoms with Gasteiger partial charge in [-0.15, -0.1) is 12.4 Å². The molecule has 0 aliphatic heterocycles. The van der Waals surface area contributed by atoms with E-state index in [4.69, 9.17) is 10.5 Å². The second-order valence-electron chi connectivity index (χ2n) is 6.05. The van der Waals surface area contributed by atoms with E-state index < -0.39 is 0 Å². The number of methoxy groups -OCH3 is 1. The van der Waals surface area contributed by atoms with Crippen molar-refractivity contribution < 1.29 is 9.53 Å². The van der Waals surface area contributed by atoms with E-state index >= 15 is 0 Å². The average Bonchev–Trinajstić information content (AvgIpc) is 2.60. The summed E-state index contributed by atoms with van der Waals surface area (Å²) in [5, 5.41) is 0. The van der Waals surface area contributed by atoms with Gasteiger partial charge >= 0.3 is 0 Å². The maximum atomic E-state index is 12.2. The molecule has 0 bridgehead atoms. The number of ether oxygens (including phenoxy) is 1. The van der Waals surface area contributed by atoms with E-state index in [-0.39, 0.29) is 24.4 Å². The van der Waals surface area contributed by atoms with E-state index in [1.807, 2.05) is 43.0 Å². The number of carbonyl (C=O) groups is 1. The Hall–Kier alpha value is -2.04. The van der Waals surface area contributed by atoms with Gasteiger partial charge in [0, 0.05) is 31.1 Å². The minimum Gasteiger partial charge on any atom is -0.496 e. The number of halogens is 1. The van der Waals surface area contributed by atoms with Gasteiger partial charge in [0.2, 0.25) is 5.91 Å². The summed E-state index contributed by atoms with van der Waals surface area (Å²) in [6, 6.07) is 16.4. The van der Waals surface area contributed by atoms with Crippen LogP contribution in [0.25, 0.3) is 11.1 Å². The summed E-state index contributed by atoms with van der Waals surface area (Å²) >= 11 is 0. The molecule has 2 N–H and O–H groups in total. The van der Waals surface area contributed by atoms with Crippen molar-refractivity contribution in [1.29, 1.82) is 0 Å². The molecule has 2 rings (SSSR count).